The maximum Gasteiger partial charge on any atom is 0.230 e. The maximum atomic E-state index is 13.1. The first kappa shape index (κ1) is 13.8. The molecule has 0 amide bonds. The predicted octanol–water partition coefficient (Wildman–Crippen LogP) is 2.66. The van der Waals surface area contributed by atoms with E-state index in [-0.39, 0.29) is 11.9 Å². The molecule has 2 heterocycles. The first-order valence-corrected chi connectivity index (χ1v) is 7.69. The van der Waals surface area contributed by atoms with Gasteiger partial charge in [0, 0.05) is 12.5 Å². The molecule has 116 valence electrons. The highest BCUT2D eigenvalue weighted by molar-refractivity contribution is 5.20. The molecule has 1 aliphatic carbocycles. The lowest BCUT2D eigenvalue weighted by Gasteiger charge is -2.34. The highest BCUT2D eigenvalue weighted by Gasteiger charge is 2.31. The van der Waals surface area contributed by atoms with Crippen molar-refractivity contribution < 1.29 is 13.5 Å². The molecule has 6 heteroatoms. The molecule has 0 radical (unpaired) electrons. The van der Waals surface area contributed by atoms with Crippen LogP contribution in [0.25, 0.3) is 0 Å². The van der Waals surface area contributed by atoms with E-state index in [4.69, 9.17) is 9.15 Å². The van der Waals surface area contributed by atoms with E-state index >= 15 is 0 Å². The third-order valence-electron chi connectivity index (χ3n) is 4.24. The topological polar surface area (TPSA) is 51.4 Å². The molecule has 4 rings (SSSR count). The second-order valence-electron chi connectivity index (χ2n) is 5.92. The van der Waals surface area contributed by atoms with Gasteiger partial charge in [-0.1, -0.05) is 12.1 Å². The van der Waals surface area contributed by atoms with Crippen molar-refractivity contribution in [1.29, 1.82) is 0 Å². The molecule has 0 N–H and O–H groups in total. The van der Waals surface area contributed by atoms with Gasteiger partial charge in [-0.3, -0.25) is 4.90 Å². The lowest BCUT2D eigenvalue weighted by Crippen LogP contribution is -2.39. The van der Waals surface area contributed by atoms with Gasteiger partial charge in [-0.2, -0.15) is 0 Å². The van der Waals surface area contributed by atoms with Crippen molar-refractivity contribution in [3.63, 3.8) is 0 Å². The Morgan fingerprint density at radius 2 is 2.00 bits per heavy atom. The summed E-state index contributed by atoms with van der Waals surface area (Å²) < 4.78 is 24.4. The van der Waals surface area contributed by atoms with E-state index in [1.54, 1.807) is 0 Å². The number of ether oxygens (including phenoxy) is 1. The summed E-state index contributed by atoms with van der Waals surface area (Å²) >= 11 is 0. The number of benzene rings is 1. The van der Waals surface area contributed by atoms with Gasteiger partial charge in [-0.15, -0.1) is 10.2 Å². The van der Waals surface area contributed by atoms with E-state index < -0.39 is 0 Å². The van der Waals surface area contributed by atoms with Crippen molar-refractivity contribution >= 4 is 0 Å². The van der Waals surface area contributed by atoms with Crippen LogP contribution in [0.3, 0.4) is 0 Å². The van der Waals surface area contributed by atoms with Crippen molar-refractivity contribution in [2.45, 2.75) is 31.3 Å². The van der Waals surface area contributed by atoms with Crippen LogP contribution in [0.2, 0.25) is 0 Å². The summed E-state index contributed by atoms with van der Waals surface area (Å²) in [5.74, 6) is 1.66. The normalized spacial score (nSPS) is 22.9. The van der Waals surface area contributed by atoms with Gasteiger partial charge in [0.05, 0.1) is 25.8 Å². The molecule has 1 saturated carbocycles. The Labute approximate surface area is 128 Å². The number of aromatic nitrogens is 2. The van der Waals surface area contributed by atoms with E-state index in [0.29, 0.717) is 31.6 Å². The fraction of sp³-hybridized carbons (Fsp3) is 0.500. The highest BCUT2D eigenvalue weighted by Crippen LogP contribution is 2.39. The monoisotopic (exact) mass is 303 g/mol. The predicted molar refractivity (Wildman–Crippen MR) is 76.6 cm³/mol. The lowest BCUT2D eigenvalue weighted by atomic mass is 10.0. The number of hydrogen-bond donors (Lipinski definition) is 0. The Morgan fingerprint density at radius 3 is 2.77 bits per heavy atom. The second-order valence-corrected chi connectivity index (χ2v) is 5.92. The average Bonchev–Trinajstić information content (AvgIpc) is 3.29. The molecule has 2 fully saturated rings. The van der Waals surface area contributed by atoms with Crippen molar-refractivity contribution in [1.82, 2.24) is 15.1 Å². The summed E-state index contributed by atoms with van der Waals surface area (Å²) in [6.45, 7) is 2.67. The molecule has 1 aromatic carbocycles. The van der Waals surface area contributed by atoms with Gasteiger partial charge >= 0.3 is 0 Å². The minimum Gasteiger partial charge on any atom is -0.424 e. The smallest absolute Gasteiger partial charge is 0.230 e. The standard InChI is InChI=1S/C16H18FN3O2/c17-13-5-3-11(4-6-13)14-10-21-8-7-20(14)9-15-18-19-16(22-15)12-1-2-12/h3-6,12,14H,1-2,7-10H2. The minimum absolute atomic E-state index is 0.0885. The van der Waals surface area contributed by atoms with Gasteiger partial charge in [0.15, 0.2) is 0 Å². The number of morpholine rings is 1. The van der Waals surface area contributed by atoms with Crippen LogP contribution in [0, 0.1) is 5.82 Å². The van der Waals surface area contributed by atoms with Crippen LogP contribution in [0.4, 0.5) is 4.39 Å². The molecule has 0 spiro atoms. The SMILES string of the molecule is Fc1ccc(C2COCCN2Cc2nnc(C3CC3)o2)cc1. The second kappa shape index (κ2) is 5.78. The fourth-order valence-corrected chi connectivity index (χ4v) is 2.82. The van der Waals surface area contributed by atoms with Crippen LogP contribution in [-0.4, -0.2) is 34.9 Å². The van der Waals surface area contributed by atoms with Gasteiger partial charge in [0.1, 0.15) is 5.82 Å². The number of rotatable bonds is 4. The molecule has 1 unspecified atom stereocenters. The third-order valence-corrected chi connectivity index (χ3v) is 4.24. The molecular weight excluding hydrogens is 285 g/mol. The van der Waals surface area contributed by atoms with Crippen LogP contribution in [-0.2, 0) is 11.3 Å². The molecule has 1 aliphatic heterocycles. The van der Waals surface area contributed by atoms with Crippen LogP contribution >= 0.6 is 0 Å². The Hall–Kier alpha value is -1.79. The summed E-state index contributed by atoms with van der Waals surface area (Å²) in [5, 5.41) is 8.28. The zero-order chi connectivity index (χ0) is 14.9. The Bertz CT molecular complexity index is 639. The summed E-state index contributed by atoms with van der Waals surface area (Å²) in [4.78, 5) is 2.25. The van der Waals surface area contributed by atoms with Crippen molar-refractivity contribution in [3.05, 3.63) is 47.4 Å². The van der Waals surface area contributed by atoms with Gasteiger partial charge in [-0.25, -0.2) is 4.39 Å². The first-order valence-electron chi connectivity index (χ1n) is 7.69. The Kier molecular flexibility index (Phi) is 3.63. The first-order chi connectivity index (χ1) is 10.8. The van der Waals surface area contributed by atoms with Crippen molar-refractivity contribution in [2.24, 2.45) is 0 Å². The third kappa shape index (κ3) is 2.89. The Balaban J connectivity index is 1.50. The lowest BCUT2D eigenvalue weighted by molar-refractivity contribution is -0.0163. The van der Waals surface area contributed by atoms with E-state index in [9.17, 15) is 4.39 Å². The largest absolute Gasteiger partial charge is 0.424 e. The molecular formula is C16H18FN3O2. The molecule has 1 saturated heterocycles. The van der Waals surface area contributed by atoms with Gasteiger partial charge in [0.25, 0.3) is 0 Å². The molecule has 2 aliphatic rings. The van der Waals surface area contributed by atoms with Gasteiger partial charge in [0.2, 0.25) is 11.8 Å². The number of hydrogen-bond acceptors (Lipinski definition) is 5. The van der Waals surface area contributed by atoms with Crippen LogP contribution in [0.5, 0.6) is 0 Å². The minimum atomic E-state index is -0.224. The van der Waals surface area contributed by atoms with E-state index in [0.717, 1.165) is 30.8 Å². The fourth-order valence-electron chi connectivity index (χ4n) is 2.82. The molecule has 1 atom stereocenters. The zero-order valence-corrected chi connectivity index (χ0v) is 12.2. The summed E-state index contributed by atoms with van der Waals surface area (Å²) in [5.41, 5.74) is 1.04. The number of halogens is 1. The van der Waals surface area contributed by atoms with Gasteiger partial charge < -0.3 is 9.15 Å². The van der Waals surface area contributed by atoms with Crippen LogP contribution in [0.15, 0.2) is 28.7 Å². The van der Waals surface area contributed by atoms with Crippen molar-refractivity contribution in [2.75, 3.05) is 19.8 Å². The van der Waals surface area contributed by atoms with Gasteiger partial charge in [-0.05, 0) is 30.5 Å². The molecule has 1 aromatic heterocycles. The van der Waals surface area contributed by atoms with Crippen LogP contribution in [0.1, 0.15) is 42.1 Å². The van der Waals surface area contributed by atoms with E-state index in [1.807, 2.05) is 12.1 Å². The zero-order valence-electron chi connectivity index (χ0n) is 12.2. The average molecular weight is 303 g/mol. The van der Waals surface area contributed by atoms with E-state index in [1.165, 1.54) is 12.1 Å². The molecule has 0 bridgehead atoms. The summed E-state index contributed by atoms with van der Waals surface area (Å²) in [6, 6.07) is 6.68. The quantitative estimate of drug-likeness (QED) is 0.869. The number of nitrogens with zero attached hydrogens (tertiary/aromatic N) is 3. The Morgan fingerprint density at radius 1 is 1.18 bits per heavy atom. The summed E-state index contributed by atoms with van der Waals surface area (Å²) in [7, 11) is 0. The van der Waals surface area contributed by atoms with E-state index in [2.05, 4.69) is 15.1 Å². The highest BCUT2D eigenvalue weighted by atomic mass is 19.1. The molecule has 22 heavy (non-hydrogen) atoms. The molecule has 5 nitrogen and oxygen atoms in total. The summed E-state index contributed by atoms with van der Waals surface area (Å²) in [6.07, 6.45) is 2.30. The molecule has 2 aromatic rings. The maximum absolute atomic E-state index is 13.1. The van der Waals surface area contributed by atoms with Crippen LogP contribution < -0.4 is 0 Å². The van der Waals surface area contributed by atoms with Crippen molar-refractivity contribution in [3.8, 4) is 0 Å².